The molecule has 1 fully saturated rings. The van der Waals surface area contributed by atoms with Crippen molar-refractivity contribution in [1.29, 1.82) is 0 Å². The molecule has 0 amide bonds. The molecule has 1 aromatic rings. The van der Waals surface area contributed by atoms with Gasteiger partial charge in [-0.3, -0.25) is 0 Å². The van der Waals surface area contributed by atoms with Crippen molar-refractivity contribution in [3.05, 3.63) is 36.1 Å². The van der Waals surface area contributed by atoms with Gasteiger partial charge in [0.1, 0.15) is 18.5 Å². The lowest BCUT2D eigenvalue weighted by Gasteiger charge is -2.15. The van der Waals surface area contributed by atoms with Crippen LogP contribution in [0.4, 0.5) is 0 Å². The summed E-state index contributed by atoms with van der Waals surface area (Å²) in [5, 5.41) is 13.0. The summed E-state index contributed by atoms with van der Waals surface area (Å²) in [6.45, 7) is 5.76. The number of rotatable bonds is 10. The molecule has 0 aromatic heterocycles. The second-order valence-corrected chi connectivity index (χ2v) is 6.18. The standard InChI is InChI=1S/C18H27NO3/c1-14(2)19-11-17(20)13-22-18-7-5-15(6-8-18)9-10-21-12-16-3-4-16/h5-10,14,16-17,19-20H,3-4,11-13H2,1-2H3. The molecule has 1 unspecified atom stereocenters. The summed E-state index contributed by atoms with van der Waals surface area (Å²) in [7, 11) is 0. The molecule has 1 aliphatic carbocycles. The number of hydrogen-bond donors (Lipinski definition) is 2. The lowest BCUT2D eigenvalue weighted by atomic mass is 10.2. The Morgan fingerprint density at radius 2 is 2.00 bits per heavy atom. The van der Waals surface area contributed by atoms with E-state index in [9.17, 15) is 5.11 Å². The fourth-order valence-corrected chi connectivity index (χ4v) is 1.90. The van der Waals surface area contributed by atoms with Crippen LogP contribution in [0.2, 0.25) is 0 Å². The van der Waals surface area contributed by atoms with E-state index in [2.05, 4.69) is 5.32 Å². The Morgan fingerprint density at radius 3 is 2.64 bits per heavy atom. The van der Waals surface area contributed by atoms with E-state index in [1.165, 1.54) is 12.8 Å². The Labute approximate surface area is 133 Å². The van der Waals surface area contributed by atoms with Crippen molar-refractivity contribution >= 4 is 6.08 Å². The third kappa shape index (κ3) is 6.96. The largest absolute Gasteiger partial charge is 0.501 e. The molecule has 0 spiro atoms. The highest BCUT2D eigenvalue weighted by atomic mass is 16.5. The number of aliphatic hydroxyl groups is 1. The Kier molecular flexibility index (Phi) is 6.74. The molecular formula is C18H27NO3. The number of hydrogen-bond acceptors (Lipinski definition) is 4. The quantitative estimate of drug-likeness (QED) is 0.653. The van der Waals surface area contributed by atoms with E-state index in [1.54, 1.807) is 6.26 Å². The summed E-state index contributed by atoms with van der Waals surface area (Å²) < 4.78 is 11.0. The molecule has 1 aliphatic rings. The smallest absolute Gasteiger partial charge is 0.119 e. The SMILES string of the molecule is CC(C)NCC(O)COc1ccc(C=COCC2CC2)cc1. The van der Waals surface area contributed by atoms with Gasteiger partial charge in [-0.25, -0.2) is 0 Å². The zero-order chi connectivity index (χ0) is 15.8. The van der Waals surface area contributed by atoms with E-state index in [0.29, 0.717) is 19.2 Å². The zero-order valence-corrected chi connectivity index (χ0v) is 13.5. The highest BCUT2D eigenvalue weighted by molar-refractivity contribution is 5.49. The van der Waals surface area contributed by atoms with E-state index < -0.39 is 6.10 Å². The van der Waals surface area contributed by atoms with Crippen LogP contribution in [0.15, 0.2) is 30.5 Å². The minimum absolute atomic E-state index is 0.291. The number of benzene rings is 1. The van der Waals surface area contributed by atoms with Crippen LogP contribution in [0.5, 0.6) is 5.75 Å². The molecular weight excluding hydrogens is 278 g/mol. The fourth-order valence-electron chi connectivity index (χ4n) is 1.90. The average molecular weight is 305 g/mol. The summed E-state index contributed by atoms with van der Waals surface area (Å²) in [5.41, 5.74) is 1.07. The van der Waals surface area contributed by atoms with E-state index in [4.69, 9.17) is 9.47 Å². The number of nitrogens with one attached hydrogen (secondary N) is 1. The maximum Gasteiger partial charge on any atom is 0.119 e. The maximum atomic E-state index is 9.79. The highest BCUT2D eigenvalue weighted by Gasteiger charge is 2.20. The first-order valence-electron chi connectivity index (χ1n) is 8.06. The summed E-state index contributed by atoms with van der Waals surface area (Å²) in [4.78, 5) is 0. The van der Waals surface area contributed by atoms with E-state index in [1.807, 2.05) is 44.2 Å². The van der Waals surface area contributed by atoms with Crippen molar-refractivity contribution in [1.82, 2.24) is 5.32 Å². The Balaban J connectivity index is 1.66. The molecule has 2 N–H and O–H groups in total. The summed E-state index contributed by atoms with van der Waals surface area (Å²) in [6.07, 6.45) is 5.82. The third-order valence-corrected chi connectivity index (χ3v) is 3.47. The van der Waals surface area contributed by atoms with Crippen LogP contribution < -0.4 is 10.1 Å². The first kappa shape index (κ1) is 16.8. The van der Waals surface area contributed by atoms with Crippen LogP contribution in [0.1, 0.15) is 32.3 Å². The third-order valence-electron chi connectivity index (χ3n) is 3.47. The van der Waals surface area contributed by atoms with Gasteiger partial charge < -0.3 is 19.9 Å². The van der Waals surface area contributed by atoms with Crippen LogP contribution >= 0.6 is 0 Å². The molecule has 4 heteroatoms. The minimum atomic E-state index is -0.502. The molecule has 22 heavy (non-hydrogen) atoms. The Bertz CT molecular complexity index is 452. The predicted octanol–water partition coefficient (Wildman–Crippen LogP) is 2.82. The second-order valence-electron chi connectivity index (χ2n) is 6.18. The fraction of sp³-hybridized carbons (Fsp3) is 0.556. The molecule has 1 atom stereocenters. The van der Waals surface area contributed by atoms with Crippen molar-refractivity contribution in [2.24, 2.45) is 5.92 Å². The van der Waals surface area contributed by atoms with Crippen LogP contribution in [0, 0.1) is 5.92 Å². The average Bonchev–Trinajstić information content (AvgIpc) is 3.33. The van der Waals surface area contributed by atoms with Gasteiger partial charge in [-0.15, -0.1) is 0 Å². The van der Waals surface area contributed by atoms with Crippen molar-refractivity contribution in [3.63, 3.8) is 0 Å². The van der Waals surface area contributed by atoms with E-state index >= 15 is 0 Å². The molecule has 0 saturated heterocycles. The van der Waals surface area contributed by atoms with Gasteiger partial charge in [0.25, 0.3) is 0 Å². The Morgan fingerprint density at radius 1 is 1.27 bits per heavy atom. The summed E-state index contributed by atoms with van der Waals surface area (Å²) in [6, 6.07) is 8.13. The van der Waals surface area contributed by atoms with Gasteiger partial charge in [-0.2, -0.15) is 0 Å². The minimum Gasteiger partial charge on any atom is -0.501 e. The monoisotopic (exact) mass is 305 g/mol. The van der Waals surface area contributed by atoms with Crippen molar-refractivity contribution < 1.29 is 14.6 Å². The molecule has 1 aromatic carbocycles. The summed E-state index contributed by atoms with van der Waals surface area (Å²) >= 11 is 0. The lowest BCUT2D eigenvalue weighted by molar-refractivity contribution is 0.104. The molecule has 0 radical (unpaired) electrons. The van der Waals surface area contributed by atoms with Crippen molar-refractivity contribution in [2.75, 3.05) is 19.8 Å². The molecule has 4 nitrogen and oxygen atoms in total. The molecule has 0 heterocycles. The maximum absolute atomic E-state index is 9.79. The molecule has 0 aliphatic heterocycles. The van der Waals surface area contributed by atoms with E-state index in [0.717, 1.165) is 23.8 Å². The van der Waals surface area contributed by atoms with Gasteiger partial charge in [-0.1, -0.05) is 26.0 Å². The van der Waals surface area contributed by atoms with Gasteiger partial charge in [-0.05, 0) is 42.5 Å². The van der Waals surface area contributed by atoms with Crippen molar-refractivity contribution in [3.8, 4) is 5.75 Å². The second kappa shape index (κ2) is 8.81. The van der Waals surface area contributed by atoms with Gasteiger partial charge in [0.15, 0.2) is 0 Å². The van der Waals surface area contributed by atoms with Crippen LogP contribution in [0.3, 0.4) is 0 Å². The van der Waals surface area contributed by atoms with Gasteiger partial charge >= 0.3 is 0 Å². The van der Waals surface area contributed by atoms with Gasteiger partial charge in [0.05, 0.1) is 12.9 Å². The van der Waals surface area contributed by atoms with Crippen LogP contribution in [-0.2, 0) is 4.74 Å². The topological polar surface area (TPSA) is 50.7 Å². The molecule has 2 rings (SSSR count). The molecule has 122 valence electrons. The summed E-state index contributed by atoms with van der Waals surface area (Å²) in [5.74, 6) is 1.54. The van der Waals surface area contributed by atoms with Gasteiger partial charge in [0, 0.05) is 12.6 Å². The van der Waals surface area contributed by atoms with Crippen LogP contribution in [-0.4, -0.2) is 37.0 Å². The lowest BCUT2D eigenvalue weighted by Crippen LogP contribution is -2.35. The first-order valence-corrected chi connectivity index (χ1v) is 8.06. The number of aliphatic hydroxyl groups excluding tert-OH is 1. The normalized spacial score (nSPS) is 16.2. The predicted molar refractivity (Wildman–Crippen MR) is 88.8 cm³/mol. The van der Waals surface area contributed by atoms with Crippen LogP contribution in [0.25, 0.3) is 6.08 Å². The van der Waals surface area contributed by atoms with Gasteiger partial charge in [0.2, 0.25) is 0 Å². The first-order chi connectivity index (χ1) is 10.6. The van der Waals surface area contributed by atoms with E-state index in [-0.39, 0.29) is 0 Å². The zero-order valence-electron chi connectivity index (χ0n) is 13.5. The van der Waals surface area contributed by atoms with Crippen molar-refractivity contribution in [2.45, 2.75) is 38.8 Å². The highest BCUT2D eigenvalue weighted by Crippen LogP contribution is 2.28. The number of ether oxygens (including phenoxy) is 2. The molecule has 0 bridgehead atoms. The molecule has 1 saturated carbocycles. The Hall–Kier alpha value is -1.52.